The first kappa shape index (κ1) is 52.0. The van der Waals surface area contributed by atoms with Gasteiger partial charge in [0.15, 0.2) is 11.5 Å². The summed E-state index contributed by atoms with van der Waals surface area (Å²) in [6.45, 7) is 8.91. The number of imide groups is 1. The Bertz CT molecular complexity index is 2940. The fraction of sp³-hybridized carbons (Fsp3) is 0.386. The second-order valence-electron chi connectivity index (χ2n) is 19.8. The maximum Gasteiger partial charge on any atom is 0.333 e. The number of ether oxygens (including phenoxy) is 3. The molecule has 0 saturated carbocycles. The summed E-state index contributed by atoms with van der Waals surface area (Å²) in [5, 5.41) is 3.59. The summed E-state index contributed by atoms with van der Waals surface area (Å²) in [5.41, 5.74) is 9.68. The van der Waals surface area contributed by atoms with E-state index in [1.54, 1.807) is 45.7 Å². The third-order valence-corrected chi connectivity index (χ3v) is 17.2. The normalized spacial score (nSPS) is 18.0. The second-order valence-corrected chi connectivity index (χ2v) is 23.0. The van der Waals surface area contributed by atoms with Gasteiger partial charge >= 0.3 is 5.97 Å². The number of amides is 5. The Kier molecular flexibility index (Phi) is 16.0. The zero-order chi connectivity index (χ0) is 52.1. The number of benzene rings is 4. The number of aryl methyl sites for hydroxylation is 3. The fourth-order valence-corrected chi connectivity index (χ4v) is 12.2. The van der Waals surface area contributed by atoms with Gasteiger partial charge in [-0.2, -0.15) is 0 Å². The van der Waals surface area contributed by atoms with Crippen LogP contribution in [0.1, 0.15) is 127 Å². The number of fused-ring (bicyclic) bond motifs is 4. The third-order valence-electron chi connectivity index (χ3n) is 13.8. The van der Waals surface area contributed by atoms with Crippen molar-refractivity contribution in [3.63, 3.8) is 0 Å². The lowest BCUT2D eigenvalue weighted by Crippen LogP contribution is -2.32. The lowest BCUT2D eigenvalue weighted by molar-refractivity contribution is -0.197. The van der Waals surface area contributed by atoms with E-state index in [1.165, 1.54) is 5.56 Å². The molecule has 0 aromatic heterocycles. The van der Waals surface area contributed by atoms with E-state index in [4.69, 9.17) is 24.0 Å². The van der Waals surface area contributed by atoms with E-state index in [0.717, 1.165) is 58.4 Å². The molecule has 0 spiro atoms. The molecule has 5 aliphatic heterocycles. The number of methoxy groups -OCH3 is 1. The molecule has 4 aromatic carbocycles. The molecule has 4 aromatic rings. The van der Waals surface area contributed by atoms with Crippen molar-refractivity contribution in [2.75, 3.05) is 31.4 Å². The minimum absolute atomic E-state index is 0.0244. The Morgan fingerprint density at radius 2 is 1.43 bits per heavy atom. The standard InChI is InChI=1S/C57H61N5O10S2/c1-35-9-11-37(12-10-35)41-28-44-32-58-47-31-50(49(69-5)30-46(47)56(68)61(44)34-41)71-24-7-23-70-48-29-39-15-18-43-27-40(33-60(43)55(67)45(39)26-36(48)2)38-13-16-42(17-14-38)59-51(63)21-22-57(3,4)74-73-25-6-8-54(66)72-62-52(64)19-20-53(62)65/h9-14,16-17,26,29-34,43-44H,6-8,15,18-25,27-28H2,1-5H3,(H,59,63)/t43-,44+/m1/s1. The third kappa shape index (κ3) is 12.1. The van der Waals surface area contributed by atoms with E-state index in [1.807, 2.05) is 66.8 Å². The van der Waals surface area contributed by atoms with Gasteiger partial charge < -0.3 is 34.2 Å². The van der Waals surface area contributed by atoms with Gasteiger partial charge in [-0.1, -0.05) is 63.5 Å². The lowest BCUT2D eigenvalue weighted by Gasteiger charge is -2.23. The van der Waals surface area contributed by atoms with Crippen molar-refractivity contribution in [1.29, 1.82) is 0 Å². The van der Waals surface area contributed by atoms with Gasteiger partial charge in [0.25, 0.3) is 23.6 Å². The molecule has 1 saturated heterocycles. The molecule has 0 bridgehead atoms. The monoisotopic (exact) mass is 1040 g/mol. The van der Waals surface area contributed by atoms with E-state index in [0.29, 0.717) is 90.1 Å². The molecule has 1 fully saturated rings. The number of hydroxylamine groups is 2. The predicted molar refractivity (Wildman–Crippen MR) is 287 cm³/mol. The second kappa shape index (κ2) is 22.7. The highest BCUT2D eigenvalue weighted by molar-refractivity contribution is 8.77. The summed E-state index contributed by atoms with van der Waals surface area (Å²) < 4.78 is 18.0. The first-order valence-corrected chi connectivity index (χ1v) is 27.5. The van der Waals surface area contributed by atoms with Crippen LogP contribution in [0.5, 0.6) is 17.2 Å². The number of nitrogens with one attached hydrogen (secondary N) is 1. The van der Waals surface area contributed by atoms with Gasteiger partial charge in [-0.3, -0.25) is 29.0 Å². The largest absolute Gasteiger partial charge is 0.493 e. The molecule has 386 valence electrons. The van der Waals surface area contributed by atoms with Gasteiger partial charge in [0.05, 0.1) is 37.6 Å². The highest BCUT2D eigenvalue weighted by Gasteiger charge is 2.36. The van der Waals surface area contributed by atoms with Gasteiger partial charge in [0.1, 0.15) is 5.75 Å². The Labute approximate surface area is 439 Å². The number of carbonyl (C=O) groups is 6. The molecule has 5 amide bonds. The van der Waals surface area contributed by atoms with E-state index in [-0.39, 0.29) is 53.8 Å². The maximum atomic E-state index is 14.1. The number of anilines is 1. The van der Waals surface area contributed by atoms with E-state index in [2.05, 4.69) is 50.4 Å². The molecule has 2 atom stereocenters. The minimum Gasteiger partial charge on any atom is -0.493 e. The van der Waals surface area contributed by atoms with Crippen LogP contribution in [0.4, 0.5) is 11.4 Å². The Morgan fingerprint density at radius 3 is 2.16 bits per heavy atom. The molecule has 5 aliphatic rings. The van der Waals surface area contributed by atoms with Crippen LogP contribution in [0.15, 0.2) is 90.2 Å². The van der Waals surface area contributed by atoms with Crippen molar-refractivity contribution < 1.29 is 47.8 Å². The van der Waals surface area contributed by atoms with Gasteiger partial charge in [0, 0.05) is 91.0 Å². The number of hydrogen-bond acceptors (Lipinski definition) is 13. The van der Waals surface area contributed by atoms with Gasteiger partial charge in [0.2, 0.25) is 5.91 Å². The first-order valence-electron chi connectivity index (χ1n) is 25.2. The maximum absolute atomic E-state index is 14.1. The Hall–Kier alpha value is -6.85. The summed E-state index contributed by atoms with van der Waals surface area (Å²) in [6.07, 6.45) is 11.0. The smallest absolute Gasteiger partial charge is 0.333 e. The number of rotatable bonds is 20. The summed E-state index contributed by atoms with van der Waals surface area (Å²) in [5.74, 6) is 0.542. The van der Waals surface area contributed by atoms with Crippen molar-refractivity contribution in [2.24, 2.45) is 4.99 Å². The van der Waals surface area contributed by atoms with Crippen LogP contribution in [0, 0.1) is 13.8 Å². The molecule has 5 heterocycles. The number of nitrogens with zero attached hydrogens (tertiary/aromatic N) is 4. The summed E-state index contributed by atoms with van der Waals surface area (Å²) in [4.78, 5) is 89.5. The average Bonchev–Trinajstić information content (AvgIpc) is 4.07. The zero-order valence-corrected chi connectivity index (χ0v) is 44.0. The van der Waals surface area contributed by atoms with Gasteiger partial charge in [-0.15, -0.1) is 5.06 Å². The van der Waals surface area contributed by atoms with Crippen molar-refractivity contribution >= 4 is 85.8 Å². The van der Waals surface area contributed by atoms with Crippen LogP contribution in [0.25, 0.3) is 11.1 Å². The van der Waals surface area contributed by atoms with E-state index >= 15 is 0 Å². The van der Waals surface area contributed by atoms with Crippen LogP contribution in [-0.2, 0) is 30.4 Å². The number of hydrogen-bond donors (Lipinski definition) is 1. The van der Waals surface area contributed by atoms with Crippen LogP contribution in [-0.4, -0.2) is 99.5 Å². The predicted octanol–water partition coefficient (Wildman–Crippen LogP) is 10.6. The molecule has 0 unspecified atom stereocenters. The molecule has 74 heavy (non-hydrogen) atoms. The summed E-state index contributed by atoms with van der Waals surface area (Å²) >= 11 is 0. The van der Waals surface area contributed by atoms with Crippen LogP contribution in [0.2, 0.25) is 0 Å². The molecule has 1 N–H and O–H groups in total. The molecule has 0 aliphatic carbocycles. The topological polar surface area (TPSA) is 173 Å². The quantitative estimate of drug-likeness (QED) is 0.0505. The first-order chi connectivity index (χ1) is 35.6. The lowest BCUT2D eigenvalue weighted by atomic mass is 9.96. The molecular formula is C57H61N5O10S2. The SMILES string of the molecule is COc1cc2c(cc1OCCCOc1cc3c(cc1C)C(=O)N1C=C(c4ccc(NC(=O)CCC(C)(C)SSCCCC(=O)ON5C(=O)CCC5=O)cc4)C[C@H]1CC3)N=C[C@@H]1CC(c3ccc(C)cc3)=CN1C2=O. The highest BCUT2D eigenvalue weighted by Crippen LogP contribution is 2.42. The van der Waals surface area contributed by atoms with E-state index in [9.17, 15) is 28.8 Å². The molecule has 17 heteroatoms. The number of aliphatic imine (C=N–C) groups is 1. The molecular weight excluding hydrogens is 979 g/mol. The van der Waals surface area contributed by atoms with Crippen molar-refractivity contribution in [3.8, 4) is 17.2 Å². The van der Waals surface area contributed by atoms with Crippen molar-refractivity contribution in [1.82, 2.24) is 14.9 Å². The summed E-state index contributed by atoms with van der Waals surface area (Å²) in [6, 6.07) is 23.4. The van der Waals surface area contributed by atoms with Crippen molar-refractivity contribution in [2.45, 2.75) is 115 Å². The van der Waals surface area contributed by atoms with E-state index < -0.39 is 17.8 Å². The minimum atomic E-state index is -0.602. The fourth-order valence-electron chi connectivity index (χ4n) is 9.58. The van der Waals surface area contributed by atoms with Gasteiger partial charge in [-0.05, 0) is 124 Å². The van der Waals surface area contributed by atoms with Crippen LogP contribution < -0.4 is 19.5 Å². The Morgan fingerprint density at radius 1 is 0.757 bits per heavy atom. The Balaban J connectivity index is 0.716. The zero-order valence-electron chi connectivity index (χ0n) is 42.4. The van der Waals surface area contributed by atoms with Crippen LogP contribution >= 0.6 is 21.6 Å². The highest BCUT2D eigenvalue weighted by atomic mass is 33.1. The molecule has 0 radical (unpaired) electrons. The van der Waals surface area contributed by atoms with Crippen LogP contribution in [0.3, 0.4) is 0 Å². The van der Waals surface area contributed by atoms with Gasteiger partial charge in [-0.25, -0.2) is 4.79 Å². The average molecular weight is 1040 g/mol. The molecule has 15 nitrogen and oxygen atoms in total. The summed E-state index contributed by atoms with van der Waals surface area (Å²) in [7, 11) is 4.82. The molecule has 9 rings (SSSR count). The number of carbonyl (C=O) groups excluding carboxylic acids is 6. The van der Waals surface area contributed by atoms with Crippen molar-refractivity contribution in [3.05, 3.63) is 124 Å².